The van der Waals surface area contributed by atoms with Gasteiger partial charge >= 0.3 is 5.97 Å². The number of aliphatic carboxylic acids is 1. The normalized spacial score (nSPS) is 11.8. The second kappa shape index (κ2) is 8.14. The number of phenols is 1. The molecule has 0 aliphatic carbocycles. The van der Waals surface area contributed by atoms with Crippen LogP contribution in [0.5, 0.6) is 5.75 Å². The Bertz CT molecular complexity index is 600. The van der Waals surface area contributed by atoms with E-state index < -0.39 is 30.4 Å². The first-order chi connectivity index (χ1) is 10.8. The standard InChI is InChI=1S/C15H19N2O6/c1-8(2)13(15(22)23)17-14(21)11-5-10(19)4-3-9(11)6-16-12(20)7-18/h3-5,8,13,19H,6-7H2,1-2H3,(H,16,20)(H,17,21)(H,22,23)/t13-/m0/s1. The molecule has 0 spiro atoms. The molecule has 4 N–H and O–H groups in total. The largest absolute Gasteiger partial charge is 0.508 e. The lowest BCUT2D eigenvalue weighted by Crippen LogP contribution is -2.44. The molecule has 23 heavy (non-hydrogen) atoms. The molecule has 0 bridgehead atoms. The summed E-state index contributed by atoms with van der Waals surface area (Å²) >= 11 is 0. The topological polar surface area (TPSA) is 136 Å². The number of nitrogens with one attached hydrogen (secondary N) is 2. The molecule has 2 amide bonds. The number of hydrogen-bond acceptors (Lipinski definition) is 4. The van der Waals surface area contributed by atoms with Gasteiger partial charge in [-0.15, -0.1) is 0 Å². The molecule has 0 heterocycles. The summed E-state index contributed by atoms with van der Waals surface area (Å²) in [7, 11) is 0. The van der Waals surface area contributed by atoms with Gasteiger partial charge in [0, 0.05) is 12.1 Å². The lowest BCUT2D eigenvalue weighted by atomic mass is 10.0. The van der Waals surface area contributed by atoms with E-state index in [0.717, 1.165) is 0 Å². The average Bonchev–Trinajstić information content (AvgIpc) is 2.49. The second-order valence-corrected chi connectivity index (χ2v) is 5.30. The minimum atomic E-state index is -1.17. The quantitative estimate of drug-likeness (QED) is 0.571. The van der Waals surface area contributed by atoms with Gasteiger partial charge in [0.1, 0.15) is 11.8 Å². The third kappa shape index (κ3) is 5.26. The molecule has 8 heteroatoms. The number of carboxylic acid groups (broad SMARTS) is 1. The van der Waals surface area contributed by atoms with E-state index in [1.54, 1.807) is 13.8 Å². The molecule has 1 aromatic rings. The number of phenolic OH excluding ortho intramolecular Hbond substituents is 1. The summed E-state index contributed by atoms with van der Waals surface area (Å²) in [6.45, 7) is 2.28. The van der Waals surface area contributed by atoms with Crippen molar-refractivity contribution < 1.29 is 29.7 Å². The lowest BCUT2D eigenvalue weighted by Gasteiger charge is -2.19. The van der Waals surface area contributed by atoms with Gasteiger partial charge in [-0.05, 0) is 23.6 Å². The van der Waals surface area contributed by atoms with Gasteiger partial charge in [-0.2, -0.15) is 0 Å². The van der Waals surface area contributed by atoms with Gasteiger partial charge in [0.05, 0.1) is 0 Å². The number of rotatable bonds is 7. The number of carbonyl (C=O) groups is 3. The molecule has 1 atom stereocenters. The Kier molecular flexibility index (Phi) is 6.52. The van der Waals surface area contributed by atoms with Gasteiger partial charge < -0.3 is 20.8 Å². The van der Waals surface area contributed by atoms with E-state index in [9.17, 15) is 24.6 Å². The molecule has 1 rings (SSSR count). The highest BCUT2D eigenvalue weighted by Gasteiger charge is 2.25. The summed E-state index contributed by atoms with van der Waals surface area (Å²) < 4.78 is 0. The Morgan fingerprint density at radius 1 is 1.22 bits per heavy atom. The van der Waals surface area contributed by atoms with Crippen LogP contribution in [0.4, 0.5) is 0 Å². The number of hydrogen-bond donors (Lipinski definition) is 4. The summed E-state index contributed by atoms with van der Waals surface area (Å²) in [5.74, 6) is -3.10. The molecule has 1 aromatic carbocycles. The van der Waals surface area contributed by atoms with Crippen LogP contribution in [-0.2, 0) is 21.2 Å². The highest BCUT2D eigenvalue weighted by atomic mass is 16.4. The van der Waals surface area contributed by atoms with Crippen molar-refractivity contribution in [1.82, 2.24) is 10.6 Å². The first kappa shape index (κ1) is 18.4. The van der Waals surface area contributed by atoms with Gasteiger partial charge in [0.2, 0.25) is 5.91 Å². The highest BCUT2D eigenvalue weighted by molar-refractivity contribution is 5.98. The minimum Gasteiger partial charge on any atom is -0.508 e. The van der Waals surface area contributed by atoms with Crippen LogP contribution in [0.2, 0.25) is 0 Å². The van der Waals surface area contributed by atoms with E-state index >= 15 is 0 Å². The summed E-state index contributed by atoms with van der Waals surface area (Å²) in [5, 5.41) is 33.8. The fourth-order valence-electron chi connectivity index (χ4n) is 1.91. The molecule has 0 saturated heterocycles. The van der Waals surface area contributed by atoms with Crippen molar-refractivity contribution in [2.75, 3.05) is 6.61 Å². The van der Waals surface area contributed by atoms with E-state index in [-0.39, 0.29) is 23.8 Å². The van der Waals surface area contributed by atoms with Crippen molar-refractivity contribution in [3.05, 3.63) is 29.3 Å². The molecule has 8 nitrogen and oxygen atoms in total. The van der Waals surface area contributed by atoms with Gasteiger partial charge in [-0.3, -0.25) is 9.59 Å². The third-order valence-electron chi connectivity index (χ3n) is 3.16. The SMILES string of the molecule is CC(C)[C@H](NC(=O)c1cc(O)ccc1CNC(=O)C[O])C(=O)O. The molecule has 0 aliphatic heterocycles. The summed E-state index contributed by atoms with van der Waals surface area (Å²) in [4.78, 5) is 34.5. The van der Waals surface area contributed by atoms with Crippen molar-refractivity contribution in [2.24, 2.45) is 5.92 Å². The molecular formula is C15H19N2O6. The summed E-state index contributed by atoms with van der Waals surface area (Å²) in [5.41, 5.74) is 0.387. The van der Waals surface area contributed by atoms with Crippen molar-refractivity contribution in [3.63, 3.8) is 0 Å². The maximum absolute atomic E-state index is 12.3. The predicted octanol–water partition coefficient (Wildman–Crippen LogP) is 0.278. The van der Waals surface area contributed by atoms with Crippen molar-refractivity contribution in [3.8, 4) is 5.75 Å². The molecule has 0 fully saturated rings. The van der Waals surface area contributed by atoms with Gasteiger partial charge in [-0.25, -0.2) is 9.90 Å². The number of carboxylic acids is 1. The maximum atomic E-state index is 12.3. The van der Waals surface area contributed by atoms with E-state index in [1.807, 2.05) is 0 Å². The van der Waals surface area contributed by atoms with Crippen LogP contribution < -0.4 is 10.6 Å². The fourth-order valence-corrected chi connectivity index (χ4v) is 1.91. The Labute approximate surface area is 133 Å². The highest BCUT2D eigenvalue weighted by Crippen LogP contribution is 2.17. The van der Waals surface area contributed by atoms with Crippen LogP contribution >= 0.6 is 0 Å². The lowest BCUT2D eigenvalue weighted by molar-refractivity contribution is -0.140. The van der Waals surface area contributed by atoms with Crippen LogP contribution in [0.3, 0.4) is 0 Å². The van der Waals surface area contributed by atoms with Crippen LogP contribution in [0, 0.1) is 5.92 Å². The molecule has 125 valence electrons. The van der Waals surface area contributed by atoms with E-state index in [0.29, 0.717) is 5.56 Å². The van der Waals surface area contributed by atoms with Crippen LogP contribution in [0.1, 0.15) is 29.8 Å². The smallest absolute Gasteiger partial charge is 0.326 e. The van der Waals surface area contributed by atoms with Crippen LogP contribution in [0.15, 0.2) is 18.2 Å². The molecule has 0 unspecified atom stereocenters. The fraction of sp³-hybridized carbons (Fsp3) is 0.400. The van der Waals surface area contributed by atoms with Gasteiger partial charge in [0.15, 0.2) is 6.61 Å². The molecule has 1 radical (unpaired) electrons. The number of benzene rings is 1. The Hall–Kier alpha value is -2.61. The second-order valence-electron chi connectivity index (χ2n) is 5.30. The zero-order valence-corrected chi connectivity index (χ0v) is 12.8. The van der Waals surface area contributed by atoms with E-state index in [2.05, 4.69) is 10.6 Å². The molecule has 0 aliphatic rings. The van der Waals surface area contributed by atoms with Gasteiger partial charge in [-0.1, -0.05) is 19.9 Å². The Morgan fingerprint density at radius 3 is 2.39 bits per heavy atom. The van der Waals surface area contributed by atoms with Crippen molar-refractivity contribution >= 4 is 17.8 Å². The first-order valence-corrected chi connectivity index (χ1v) is 6.96. The molecule has 0 saturated carbocycles. The number of carbonyl (C=O) groups excluding carboxylic acids is 2. The maximum Gasteiger partial charge on any atom is 0.326 e. The predicted molar refractivity (Wildman–Crippen MR) is 79.2 cm³/mol. The third-order valence-corrected chi connectivity index (χ3v) is 3.16. The van der Waals surface area contributed by atoms with E-state index in [1.165, 1.54) is 18.2 Å². The average molecular weight is 323 g/mol. The summed E-state index contributed by atoms with van der Waals surface area (Å²) in [6, 6.07) is 2.83. The minimum absolute atomic E-state index is 0.0306. The Morgan fingerprint density at radius 2 is 1.87 bits per heavy atom. The van der Waals surface area contributed by atoms with Crippen LogP contribution in [-0.4, -0.2) is 40.6 Å². The van der Waals surface area contributed by atoms with Crippen molar-refractivity contribution in [1.29, 1.82) is 0 Å². The summed E-state index contributed by atoms with van der Waals surface area (Å²) in [6.07, 6.45) is 0. The molecular weight excluding hydrogens is 304 g/mol. The van der Waals surface area contributed by atoms with Crippen molar-refractivity contribution in [2.45, 2.75) is 26.4 Å². The number of amides is 2. The Balaban J connectivity index is 3.00. The first-order valence-electron chi connectivity index (χ1n) is 6.96. The monoisotopic (exact) mass is 323 g/mol. The van der Waals surface area contributed by atoms with E-state index in [4.69, 9.17) is 5.11 Å². The van der Waals surface area contributed by atoms with Crippen LogP contribution in [0.25, 0.3) is 0 Å². The molecule has 0 aromatic heterocycles. The number of aromatic hydroxyl groups is 1. The zero-order valence-electron chi connectivity index (χ0n) is 12.8. The van der Waals surface area contributed by atoms with Gasteiger partial charge in [0.25, 0.3) is 5.91 Å². The zero-order chi connectivity index (χ0) is 17.6.